The minimum Gasteiger partial charge on any atom is -0.489 e. The minimum atomic E-state index is -3.04. The number of ether oxygens (including phenoxy) is 2. The van der Waals surface area contributed by atoms with Crippen LogP contribution in [-0.4, -0.2) is 22.4 Å². The fraction of sp³-hybridized carbons (Fsp3) is 0.304. The van der Waals surface area contributed by atoms with Gasteiger partial charge in [-0.05, 0) is 48.4 Å². The highest BCUT2D eigenvalue weighted by atomic mass is 35.5. The van der Waals surface area contributed by atoms with Crippen LogP contribution in [0.5, 0.6) is 17.4 Å². The zero-order chi connectivity index (χ0) is 24.8. The molecular formula is C23H22ClF3N2O5. The smallest absolute Gasteiger partial charge is 0.388 e. The third kappa shape index (κ3) is 5.93. The fourth-order valence-corrected chi connectivity index (χ4v) is 3.29. The molecule has 0 N–H and O–H groups in total. The number of nitrogens with zero attached hydrogens (tertiary/aromatic N) is 2. The van der Waals surface area contributed by atoms with Gasteiger partial charge in [-0.3, -0.25) is 9.78 Å². The molecule has 3 rings (SSSR count). The monoisotopic (exact) mass is 498 g/mol. The Morgan fingerprint density at radius 1 is 1.18 bits per heavy atom. The van der Waals surface area contributed by atoms with Crippen molar-refractivity contribution in [1.29, 1.82) is 0 Å². The van der Waals surface area contributed by atoms with Crippen molar-refractivity contribution >= 4 is 17.6 Å². The van der Waals surface area contributed by atoms with E-state index in [-0.39, 0.29) is 40.9 Å². The molecule has 1 heterocycles. The molecule has 0 aliphatic heterocycles. The first-order valence-corrected chi connectivity index (χ1v) is 10.7. The van der Waals surface area contributed by atoms with E-state index in [4.69, 9.17) is 26.1 Å². The summed E-state index contributed by atoms with van der Waals surface area (Å²) in [6.45, 7) is 0.214. The van der Waals surface area contributed by atoms with E-state index in [1.807, 2.05) is 6.92 Å². The lowest BCUT2D eigenvalue weighted by molar-refractivity contribution is -0.213. The van der Waals surface area contributed by atoms with E-state index in [0.717, 1.165) is 4.68 Å². The van der Waals surface area contributed by atoms with Gasteiger partial charge in [0.05, 0.1) is 5.56 Å². The molecule has 0 unspecified atom stereocenters. The van der Waals surface area contributed by atoms with E-state index < -0.39 is 18.4 Å². The molecule has 0 atom stereocenters. The molecule has 0 saturated carbocycles. The van der Waals surface area contributed by atoms with Crippen LogP contribution >= 0.6 is 11.6 Å². The topological polar surface area (TPSA) is 71.8 Å². The van der Waals surface area contributed by atoms with Crippen LogP contribution in [0.15, 0.2) is 36.4 Å². The number of hydrogen-bond acceptors (Lipinski definition) is 6. The van der Waals surface area contributed by atoms with E-state index in [1.54, 1.807) is 37.3 Å². The Morgan fingerprint density at radius 3 is 2.50 bits per heavy atom. The molecule has 1 aromatic heterocycles. The number of carbonyl (C=O) groups is 1. The maximum absolute atomic E-state index is 14.7. The summed E-state index contributed by atoms with van der Waals surface area (Å²) >= 11 is 6.15. The summed E-state index contributed by atoms with van der Waals surface area (Å²) < 4.78 is 51.0. The molecule has 0 amide bonds. The summed E-state index contributed by atoms with van der Waals surface area (Å²) in [4.78, 5) is 21.2. The van der Waals surface area contributed by atoms with Gasteiger partial charge in [0.1, 0.15) is 28.9 Å². The van der Waals surface area contributed by atoms with Crippen molar-refractivity contribution in [2.45, 2.75) is 39.9 Å². The molecule has 0 spiro atoms. The third-order valence-electron chi connectivity index (χ3n) is 4.79. The Balaban J connectivity index is 1.76. The Labute approximate surface area is 198 Å². The highest BCUT2D eigenvalue weighted by Gasteiger charge is 2.20. The number of halogens is 4. The molecule has 34 heavy (non-hydrogen) atoms. The van der Waals surface area contributed by atoms with Crippen molar-refractivity contribution in [2.24, 2.45) is 7.05 Å². The molecule has 3 aromatic rings. The molecule has 7 nitrogen and oxygen atoms in total. The van der Waals surface area contributed by atoms with Crippen LogP contribution in [0.4, 0.5) is 13.2 Å². The summed E-state index contributed by atoms with van der Waals surface area (Å²) in [5, 5.41) is 4.06. The average Bonchev–Trinajstić information content (AvgIpc) is 3.09. The van der Waals surface area contributed by atoms with Gasteiger partial charge in [0.15, 0.2) is 5.75 Å². The van der Waals surface area contributed by atoms with Crippen LogP contribution in [0.25, 0.3) is 11.3 Å². The average molecular weight is 499 g/mol. The van der Waals surface area contributed by atoms with Crippen molar-refractivity contribution in [3.8, 4) is 28.6 Å². The van der Waals surface area contributed by atoms with Gasteiger partial charge in [-0.1, -0.05) is 25.4 Å². The van der Waals surface area contributed by atoms with Gasteiger partial charge in [0.25, 0.3) is 0 Å². The van der Waals surface area contributed by atoms with E-state index in [9.17, 15) is 18.0 Å². The first kappa shape index (κ1) is 25.2. The Hall–Kier alpha value is -3.40. The number of aromatic nitrogens is 2. The second-order valence-electron chi connectivity index (χ2n) is 7.08. The quantitative estimate of drug-likeness (QED) is 0.257. The Kier molecular flexibility index (Phi) is 8.27. The molecule has 2 aromatic carbocycles. The lowest BCUT2D eigenvalue weighted by atomic mass is 10.1. The number of carbonyl (C=O) groups excluding carboxylic acids is 1. The van der Waals surface area contributed by atoms with Crippen LogP contribution in [-0.2, 0) is 29.8 Å². The molecule has 0 bridgehead atoms. The molecule has 0 fully saturated rings. The highest BCUT2D eigenvalue weighted by molar-refractivity contribution is 6.34. The maximum atomic E-state index is 14.7. The Morgan fingerprint density at radius 2 is 1.88 bits per heavy atom. The molecule has 0 saturated heterocycles. The normalized spacial score (nSPS) is 10.9. The predicted molar refractivity (Wildman–Crippen MR) is 117 cm³/mol. The highest BCUT2D eigenvalue weighted by Crippen LogP contribution is 2.36. The number of rotatable bonds is 10. The summed E-state index contributed by atoms with van der Waals surface area (Å²) in [5.41, 5.74) is 1.52. The van der Waals surface area contributed by atoms with E-state index in [1.165, 1.54) is 13.1 Å². The van der Waals surface area contributed by atoms with Crippen LogP contribution < -0.4 is 14.4 Å². The van der Waals surface area contributed by atoms with Crippen LogP contribution in [0.1, 0.15) is 31.4 Å². The van der Waals surface area contributed by atoms with Gasteiger partial charge in [-0.25, -0.2) is 13.9 Å². The van der Waals surface area contributed by atoms with Crippen molar-refractivity contribution in [3.63, 3.8) is 0 Å². The van der Waals surface area contributed by atoms with Crippen LogP contribution in [0.3, 0.4) is 0 Å². The molecule has 11 heteroatoms. The van der Waals surface area contributed by atoms with Gasteiger partial charge < -0.3 is 9.47 Å². The second-order valence-corrected chi connectivity index (χ2v) is 7.46. The molecule has 0 aliphatic rings. The van der Waals surface area contributed by atoms with E-state index >= 15 is 0 Å². The number of alkyl halides is 2. The minimum absolute atomic E-state index is 0.0436. The standard InChI is InChI=1S/C23H22ClF3N2O5/c1-4-13-10-17(25)16(18(11-13)33-34-19(30)5-2)12-31-15-8-6-14(7-9-15)21-20(24)22(29(3)28-21)32-23(26)27/h6-11,23H,4-5,12H2,1-3H3. The number of hydrogen-bond donors (Lipinski definition) is 0. The zero-order valence-electron chi connectivity index (χ0n) is 18.6. The van der Waals surface area contributed by atoms with Crippen molar-refractivity contribution < 1.29 is 37.2 Å². The van der Waals surface area contributed by atoms with Gasteiger partial charge in [0, 0.05) is 19.0 Å². The Bertz CT molecular complexity index is 1150. The lowest BCUT2D eigenvalue weighted by Gasteiger charge is -2.13. The molecular weight excluding hydrogens is 477 g/mol. The predicted octanol–water partition coefficient (Wildman–Crippen LogP) is 5.87. The fourth-order valence-electron chi connectivity index (χ4n) is 2.98. The SMILES string of the molecule is CCC(=O)OOc1cc(CC)cc(F)c1COc1ccc(-c2nn(C)c(OC(F)F)c2Cl)cc1. The van der Waals surface area contributed by atoms with Gasteiger partial charge in [-0.15, -0.1) is 0 Å². The zero-order valence-corrected chi connectivity index (χ0v) is 19.4. The summed E-state index contributed by atoms with van der Waals surface area (Å²) in [6, 6.07) is 9.35. The van der Waals surface area contributed by atoms with Gasteiger partial charge in [-0.2, -0.15) is 13.9 Å². The second kappa shape index (κ2) is 11.1. The van der Waals surface area contributed by atoms with Crippen molar-refractivity contribution in [1.82, 2.24) is 9.78 Å². The molecule has 0 radical (unpaired) electrons. The molecule has 0 aliphatic carbocycles. The molecule has 182 valence electrons. The van der Waals surface area contributed by atoms with Crippen molar-refractivity contribution in [2.75, 3.05) is 0 Å². The number of aryl methyl sites for hydroxylation is 2. The van der Waals surface area contributed by atoms with Crippen molar-refractivity contribution in [3.05, 3.63) is 58.4 Å². The van der Waals surface area contributed by atoms with Crippen LogP contribution in [0.2, 0.25) is 5.02 Å². The maximum Gasteiger partial charge on any atom is 0.388 e. The summed E-state index contributed by atoms with van der Waals surface area (Å²) in [5.74, 6) is -0.989. The van der Waals surface area contributed by atoms with Gasteiger partial charge >= 0.3 is 12.6 Å². The van der Waals surface area contributed by atoms with Gasteiger partial charge in [0.2, 0.25) is 5.88 Å². The summed E-state index contributed by atoms with van der Waals surface area (Å²) in [7, 11) is 1.43. The lowest BCUT2D eigenvalue weighted by Crippen LogP contribution is -2.10. The van der Waals surface area contributed by atoms with E-state index in [2.05, 4.69) is 9.84 Å². The van der Waals surface area contributed by atoms with Crippen LogP contribution in [0, 0.1) is 5.82 Å². The first-order chi connectivity index (χ1) is 16.2. The largest absolute Gasteiger partial charge is 0.489 e. The van der Waals surface area contributed by atoms with E-state index in [0.29, 0.717) is 23.3 Å². The summed E-state index contributed by atoms with van der Waals surface area (Å²) in [6.07, 6.45) is 0.655. The third-order valence-corrected chi connectivity index (χ3v) is 5.13. The number of benzene rings is 2. The first-order valence-electron chi connectivity index (χ1n) is 10.3.